The molecule has 8 nitrogen and oxygen atoms in total. The predicted octanol–water partition coefficient (Wildman–Crippen LogP) is 3.18. The first-order chi connectivity index (χ1) is 16.2. The highest BCUT2D eigenvalue weighted by atomic mass is 79.9. The molecule has 2 aromatic carbocycles. The molecule has 1 aliphatic heterocycles. The molecule has 0 spiro atoms. The predicted molar refractivity (Wildman–Crippen MR) is 134 cm³/mol. The number of rotatable bonds is 7. The number of nitrogens with one attached hydrogen (secondary N) is 2. The first-order valence-corrected chi connectivity index (χ1v) is 12.0. The third kappa shape index (κ3) is 7.01. The number of esters is 1. The van der Waals surface area contributed by atoms with Gasteiger partial charge in [-0.3, -0.25) is 19.7 Å². The Hall–Kier alpha value is -2.98. The summed E-state index contributed by atoms with van der Waals surface area (Å²) in [5, 5.41) is 5.46. The largest absolute Gasteiger partial charge is 0.490 e. The summed E-state index contributed by atoms with van der Waals surface area (Å²) in [5.74, 6) is -0.954. The van der Waals surface area contributed by atoms with Crippen LogP contribution in [0.2, 0.25) is 0 Å². The average molecular weight is 548 g/mol. The Morgan fingerprint density at radius 3 is 2.68 bits per heavy atom. The first kappa shape index (κ1) is 25.6. The van der Waals surface area contributed by atoms with Gasteiger partial charge < -0.3 is 19.7 Å². The Kier molecular flexibility index (Phi) is 9.00. The van der Waals surface area contributed by atoms with Crippen molar-refractivity contribution in [3.63, 3.8) is 0 Å². The third-order valence-corrected chi connectivity index (χ3v) is 5.79. The monoisotopic (exact) mass is 547 g/mol. The summed E-state index contributed by atoms with van der Waals surface area (Å²) in [5.41, 5.74) is 1.14. The molecule has 0 bridgehead atoms. The van der Waals surface area contributed by atoms with Crippen molar-refractivity contribution in [1.82, 2.24) is 15.5 Å². The van der Waals surface area contributed by atoms with Gasteiger partial charge in [0.25, 0.3) is 5.91 Å². The standard InChI is InChI=1S/C24H26BrN3O5S/c1-15(2)33-20-9-8-17(25)12-18(20)22(30)27-24(34)28-11-10-26-23(31)19(28)13-21(29)32-14-16-6-4-3-5-7-16/h3-9,12,15,19H,10-11,13-14H2,1-2H3,(H,26,31)(H,27,30,34). The second-order valence-electron chi connectivity index (χ2n) is 7.92. The molecule has 1 aliphatic rings. The van der Waals surface area contributed by atoms with E-state index in [0.29, 0.717) is 28.9 Å². The first-order valence-electron chi connectivity index (χ1n) is 10.8. The lowest BCUT2D eigenvalue weighted by atomic mass is 10.1. The van der Waals surface area contributed by atoms with Gasteiger partial charge in [0.1, 0.15) is 18.4 Å². The lowest BCUT2D eigenvalue weighted by Gasteiger charge is -2.36. The van der Waals surface area contributed by atoms with Gasteiger partial charge in [0, 0.05) is 17.6 Å². The van der Waals surface area contributed by atoms with E-state index in [4.69, 9.17) is 21.7 Å². The van der Waals surface area contributed by atoms with Crippen molar-refractivity contribution in [3.05, 3.63) is 64.1 Å². The summed E-state index contributed by atoms with van der Waals surface area (Å²) in [7, 11) is 0. The number of hydrogen-bond acceptors (Lipinski definition) is 6. The van der Waals surface area contributed by atoms with Crippen molar-refractivity contribution < 1.29 is 23.9 Å². The quantitative estimate of drug-likeness (QED) is 0.405. The van der Waals surface area contributed by atoms with Gasteiger partial charge in [0.2, 0.25) is 5.91 Å². The van der Waals surface area contributed by atoms with Gasteiger partial charge in [-0.15, -0.1) is 0 Å². The summed E-state index contributed by atoms with van der Waals surface area (Å²) in [4.78, 5) is 39.5. The topological polar surface area (TPSA) is 97.0 Å². The van der Waals surface area contributed by atoms with Crippen LogP contribution < -0.4 is 15.4 Å². The van der Waals surface area contributed by atoms with E-state index in [-0.39, 0.29) is 30.2 Å². The highest BCUT2D eigenvalue weighted by Gasteiger charge is 2.34. The lowest BCUT2D eigenvalue weighted by molar-refractivity contribution is -0.148. The van der Waals surface area contributed by atoms with Crippen LogP contribution in [0.4, 0.5) is 0 Å². The molecule has 0 radical (unpaired) electrons. The van der Waals surface area contributed by atoms with E-state index in [2.05, 4.69) is 26.6 Å². The molecule has 2 aromatic rings. The third-order valence-electron chi connectivity index (χ3n) is 4.96. The molecule has 2 amide bonds. The maximum atomic E-state index is 13.0. The molecule has 1 fully saturated rings. The van der Waals surface area contributed by atoms with Gasteiger partial charge in [-0.2, -0.15) is 0 Å². The zero-order valence-electron chi connectivity index (χ0n) is 18.9. The van der Waals surface area contributed by atoms with Crippen LogP contribution in [0.5, 0.6) is 5.75 Å². The highest BCUT2D eigenvalue weighted by Crippen LogP contribution is 2.24. The fraction of sp³-hybridized carbons (Fsp3) is 0.333. The maximum Gasteiger partial charge on any atom is 0.308 e. The molecule has 10 heteroatoms. The van der Waals surface area contributed by atoms with Crippen molar-refractivity contribution in [2.75, 3.05) is 13.1 Å². The molecule has 0 saturated carbocycles. The number of carbonyl (C=O) groups is 3. The summed E-state index contributed by atoms with van der Waals surface area (Å²) in [6.07, 6.45) is -0.329. The Balaban J connectivity index is 1.67. The molecule has 34 heavy (non-hydrogen) atoms. The zero-order chi connectivity index (χ0) is 24.7. The van der Waals surface area contributed by atoms with Gasteiger partial charge >= 0.3 is 5.97 Å². The number of thiocarbonyl (C=S) groups is 1. The highest BCUT2D eigenvalue weighted by molar-refractivity contribution is 9.10. The fourth-order valence-corrected chi connectivity index (χ4v) is 4.06. The van der Waals surface area contributed by atoms with E-state index in [0.717, 1.165) is 5.56 Å². The SMILES string of the molecule is CC(C)Oc1ccc(Br)cc1C(=O)NC(=S)N1CCNC(=O)C1CC(=O)OCc1ccccc1. The van der Waals surface area contributed by atoms with Crippen LogP contribution in [0.3, 0.4) is 0 Å². The molecule has 3 rings (SSSR count). The smallest absolute Gasteiger partial charge is 0.308 e. The van der Waals surface area contributed by atoms with Crippen molar-refractivity contribution in [3.8, 4) is 5.75 Å². The second kappa shape index (κ2) is 11.9. The Morgan fingerprint density at radius 1 is 1.24 bits per heavy atom. The van der Waals surface area contributed by atoms with Crippen LogP contribution in [0.25, 0.3) is 0 Å². The van der Waals surface area contributed by atoms with Crippen LogP contribution in [0.1, 0.15) is 36.2 Å². The molecule has 0 aliphatic carbocycles. The fourth-order valence-electron chi connectivity index (χ4n) is 3.39. The normalized spacial score (nSPS) is 15.5. The van der Waals surface area contributed by atoms with Crippen LogP contribution in [0.15, 0.2) is 53.0 Å². The van der Waals surface area contributed by atoms with Crippen LogP contribution >= 0.6 is 28.1 Å². The van der Waals surface area contributed by atoms with Crippen LogP contribution in [-0.2, 0) is 20.9 Å². The maximum absolute atomic E-state index is 13.0. The van der Waals surface area contributed by atoms with Crippen molar-refractivity contribution in [2.45, 2.75) is 39.0 Å². The Bertz CT molecular complexity index is 1060. The van der Waals surface area contributed by atoms with Crippen LogP contribution in [0, 0.1) is 0 Å². The average Bonchev–Trinajstić information content (AvgIpc) is 2.80. The number of nitrogens with zero attached hydrogens (tertiary/aromatic N) is 1. The van der Waals surface area contributed by atoms with Gasteiger partial charge in [-0.1, -0.05) is 46.3 Å². The summed E-state index contributed by atoms with van der Waals surface area (Å²) in [6.45, 7) is 4.51. The number of halogens is 1. The second-order valence-corrected chi connectivity index (χ2v) is 9.22. The van der Waals surface area contributed by atoms with E-state index in [1.54, 1.807) is 18.2 Å². The molecule has 0 aromatic heterocycles. The minimum absolute atomic E-state index is 0.0520. The summed E-state index contributed by atoms with van der Waals surface area (Å²) < 4.78 is 11.8. The lowest BCUT2D eigenvalue weighted by Crippen LogP contribution is -2.60. The van der Waals surface area contributed by atoms with Crippen molar-refractivity contribution >= 4 is 51.0 Å². The minimum atomic E-state index is -0.890. The summed E-state index contributed by atoms with van der Waals surface area (Å²) in [6, 6.07) is 13.5. The van der Waals surface area contributed by atoms with Crippen molar-refractivity contribution in [2.24, 2.45) is 0 Å². The molecular weight excluding hydrogens is 522 g/mol. The molecule has 180 valence electrons. The number of piperazine rings is 1. The van der Waals surface area contributed by atoms with Gasteiger partial charge in [-0.25, -0.2) is 0 Å². The molecular formula is C24H26BrN3O5S. The Labute approximate surface area is 212 Å². The van der Waals surface area contributed by atoms with Crippen LogP contribution in [-0.4, -0.2) is 53.0 Å². The van der Waals surface area contributed by atoms with Gasteiger partial charge in [0.15, 0.2) is 5.11 Å². The number of carbonyl (C=O) groups excluding carboxylic acids is 3. The molecule has 1 heterocycles. The van der Waals surface area contributed by atoms with Gasteiger partial charge in [-0.05, 0) is 49.8 Å². The van der Waals surface area contributed by atoms with E-state index in [1.165, 1.54) is 4.90 Å². The Morgan fingerprint density at radius 2 is 1.97 bits per heavy atom. The number of benzene rings is 2. The van der Waals surface area contributed by atoms with E-state index >= 15 is 0 Å². The minimum Gasteiger partial charge on any atom is -0.490 e. The molecule has 1 atom stereocenters. The number of amides is 2. The number of ether oxygens (including phenoxy) is 2. The van der Waals surface area contributed by atoms with E-state index < -0.39 is 17.9 Å². The van der Waals surface area contributed by atoms with Crippen molar-refractivity contribution in [1.29, 1.82) is 0 Å². The van der Waals surface area contributed by atoms with E-state index in [1.807, 2.05) is 44.2 Å². The van der Waals surface area contributed by atoms with Gasteiger partial charge in [0.05, 0.1) is 18.1 Å². The zero-order valence-corrected chi connectivity index (χ0v) is 21.3. The number of hydrogen-bond donors (Lipinski definition) is 2. The molecule has 2 N–H and O–H groups in total. The summed E-state index contributed by atoms with van der Waals surface area (Å²) >= 11 is 8.81. The van der Waals surface area contributed by atoms with E-state index in [9.17, 15) is 14.4 Å². The molecule has 1 saturated heterocycles. The molecule has 1 unspecified atom stereocenters.